The van der Waals surface area contributed by atoms with E-state index < -0.39 is 0 Å². The summed E-state index contributed by atoms with van der Waals surface area (Å²) < 4.78 is 5.11. The van der Waals surface area contributed by atoms with Crippen LogP contribution >= 0.6 is 11.8 Å². The molecule has 3 nitrogen and oxygen atoms in total. The van der Waals surface area contributed by atoms with Gasteiger partial charge in [0, 0.05) is 0 Å². The molecule has 1 amide bonds. The van der Waals surface area contributed by atoms with Crippen LogP contribution in [0.15, 0.2) is 22.8 Å². The second-order valence-electron chi connectivity index (χ2n) is 2.55. The van der Waals surface area contributed by atoms with E-state index in [4.69, 9.17) is 10.8 Å². The number of carbonyl (C=O) groups is 1. The van der Waals surface area contributed by atoms with Gasteiger partial charge in [0.05, 0.1) is 24.3 Å². The zero-order valence-electron chi connectivity index (χ0n) is 7.66. The molecule has 0 unspecified atom stereocenters. The van der Waals surface area contributed by atoms with E-state index in [1.54, 1.807) is 6.26 Å². The summed E-state index contributed by atoms with van der Waals surface area (Å²) in [4.78, 5) is 11.1. The van der Waals surface area contributed by atoms with E-state index >= 15 is 0 Å². The lowest BCUT2D eigenvalue weighted by atomic mass is 10.5. The molecule has 0 aliphatic heterocycles. The topological polar surface area (TPSA) is 42.2 Å². The Morgan fingerprint density at radius 3 is 3.21 bits per heavy atom. The number of nitrogens with one attached hydrogen (secondary N) is 1. The third kappa shape index (κ3) is 4.06. The molecule has 1 N–H and O–H groups in total. The van der Waals surface area contributed by atoms with Gasteiger partial charge in [0.1, 0.15) is 5.76 Å². The van der Waals surface area contributed by atoms with Crippen LogP contribution in [0.5, 0.6) is 0 Å². The number of furan rings is 1. The molecule has 0 aromatic carbocycles. The van der Waals surface area contributed by atoms with E-state index in [2.05, 4.69) is 11.2 Å². The first kappa shape index (κ1) is 10.7. The van der Waals surface area contributed by atoms with Crippen LogP contribution in [0.4, 0.5) is 0 Å². The lowest BCUT2D eigenvalue weighted by Gasteiger charge is -1.99. The molecule has 0 saturated heterocycles. The number of carbonyl (C=O) groups excluding carboxylic acids is 1. The molecule has 4 heteroatoms. The van der Waals surface area contributed by atoms with Crippen molar-refractivity contribution >= 4 is 17.7 Å². The molecule has 0 aliphatic carbocycles. The van der Waals surface area contributed by atoms with Gasteiger partial charge in [-0.15, -0.1) is 18.2 Å². The Labute approximate surface area is 87.2 Å². The lowest BCUT2D eigenvalue weighted by molar-refractivity contribution is -0.118. The van der Waals surface area contributed by atoms with Gasteiger partial charge in [0.2, 0.25) is 5.91 Å². The van der Waals surface area contributed by atoms with Gasteiger partial charge in [0.15, 0.2) is 0 Å². The first-order valence-corrected chi connectivity index (χ1v) is 5.28. The minimum Gasteiger partial charge on any atom is -0.468 e. The molecular formula is C10H11NO2S. The fraction of sp³-hybridized carbons (Fsp3) is 0.300. The van der Waals surface area contributed by atoms with Crippen LogP contribution in [0, 0.1) is 12.3 Å². The molecule has 1 aromatic rings. The van der Waals surface area contributed by atoms with Crippen molar-refractivity contribution < 1.29 is 9.21 Å². The summed E-state index contributed by atoms with van der Waals surface area (Å²) in [6.07, 6.45) is 6.62. The maximum Gasteiger partial charge on any atom is 0.230 e. The van der Waals surface area contributed by atoms with Crippen molar-refractivity contribution in [2.24, 2.45) is 0 Å². The van der Waals surface area contributed by atoms with Gasteiger partial charge in [-0.1, -0.05) is 5.92 Å². The highest BCUT2D eigenvalue weighted by molar-refractivity contribution is 7.99. The number of hydrogen-bond donors (Lipinski definition) is 1. The fourth-order valence-electron chi connectivity index (χ4n) is 0.840. The first-order chi connectivity index (χ1) is 6.83. The van der Waals surface area contributed by atoms with E-state index in [0.717, 1.165) is 5.76 Å². The van der Waals surface area contributed by atoms with Crippen molar-refractivity contribution in [3.8, 4) is 12.3 Å². The summed E-state index contributed by atoms with van der Waals surface area (Å²) in [5.41, 5.74) is 0. The number of thioether (sulfide) groups is 1. The van der Waals surface area contributed by atoms with E-state index in [9.17, 15) is 4.79 Å². The summed E-state index contributed by atoms with van der Waals surface area (Å²) in [5.74, 6) is 4.29. The third-order valence-electron chi connectivity index (χ3n) is 1.45. The summed E-state index contributed by atoms with van der Waals surface area (Å²) in [5, 5.41) is 2.59. The van der Waals surface area contributed by atoms with Crippen molar-refractivity contribution in [1.82, 2.24) is 5.32 Å². The number of rotatable bonds is 5. The fourth-order valence-corrected chi connectivity index (χ4v) is 1.59. The van der Waals surface area contributed by atoms with Crippen molar-refractivity contribution in [3.63, 3.8) is 0 Å². The number of terminal acetylenes is 1. The molecule has 1 rings (SSSR count). The normalized spacial score (nSPS) is 9.36. The van der Waals surface area contributed by atoms with Gasteiger partial charge in [-0.3, -0.25) is 4.79 Å². The van der Waals surface area contributed by atoms with Gasteiger partial charge >= 0.3 is 0 Å². The largest absolute Gasteiger partial charge is 0.468 e. The molecule has 0 saturated carbocycles. The maximum atomic E-state index is 11.1. The summed E-state index contributed by atoms with van der Waals surface area (Å²) >= 11 is 1.50. The van der Waals surface area contributed by atoms with Crippen LogP contribution < -0.4 is 5.32 Å². The average Bonchev–Trinajstić information content (AvgIpc) is 2.67. The molecule has 0 fully saturated rings. The molecule has 14 heavy (non-hydrogen) atoms. The van der Waals surface area contributed by atoms with Gasteiger partial charge in [0.25, 0.3) is 0 Å². The molecular weight excluding hydrogens is 198 g/mol. The van der Waals surface area contributed by atoms with Crippen LogP contribution in [0.25, 0.3) is 0 Å². The summed E-state index contributed by atoms with van der Waals surface area (Å²) in [7, 11) is 0. The predicted octanol–water partition coefficient (Wildman–Crippen LogP) is 1.26. The van der Waals surface area contributed by atoms with Crippen LogP contribution in [-0.4, -0.2) is 18.2 Å². The molecule has 0 aliphatic rings. The molecule has 1 heterocycles. The Balaban J connectivity index is 2.10. The van der Waals surface area contributed by atoms with E-state index in [0.29, 0.717) is 18.1 Å². The van der Waals surface area contributed by atoms with E-state index in [1.165, 1.54) is 11.8 Å². The Morgan fingerprint density at radius 1 is 1.71 bits per heavy atom. The Bertz CT molecular complexity index is 313. The first-order valence-electron chi connectivity index (χ1n) is 4.13. The van der Waals surface area contributed by atoms with Crippen molar-refractivity contribution in [3.05, 3.63) is 24.2 Å². The van der Waals surface area contributed by atoms with Crippen molar-refractivity contribution in [2.45, 2.75) is 5.75 Å². The Hall–Kier alpha value is -1.34. The van der Waals surface area contributed by atoms with Gasteiger partial charge in [-0.25, -0.2) is 0 Å². The SMILES string of the molecule is C#CCNC(=O)CSCc1ccco1. The average molecular weight is 209 g/mol. The maximum absolute atomic E-state index is 11.1. The van der Waals surface area contributed by atoms with Crippen LogP contribution in [-0.2, 0) is 10.5 Å². The van der Waals surface area contributed by atoms with E-state index in [1.807, 2.05) is 12.1 Å². The molecule has 0 bridgehead atoms. The highest BCUT2D eigenvalue weighted by Gasteiger charge is 2.01. The Morgan fingerprint density at radius 2 is 2.57 bits per heavy atom. The van der Waals surface area contributed by atoms with Crippen LogP contribution in [0.1, 0.15) is 5.76 Å². The van der Waals surface area contributed by atoms with Gasteiger partial charge < -0.3 is 9.73 Å². The highest BCUT2D eigenvalue weighted by Crippen LogP contribution is 2.11. The second-order valence-corrected chi connectivity index (χ2v) is 3.54. The van der Waals surface area contributed by atoms with Crippen LogP contribution in [0.2, 0.25) is 0 Å². The molecule has 1 aromatic heterocycles. The standard InChI is InChI=1S/C10H11NO2S/c1-2-5-11-10(12)8-14-7-9-4-3-6-13-9/h1,3-4,6H,5,7-8H2,(H,11,12). The second kappa shape index (κ2) is 6.17. The zero-order chi connectivity index (χ0) is 10.2. The summed E-state index contributed by atoms with van der Waals surface area (Å²) in [6.45, 7) is 0.292. The number of hydrogen-bond acceptors (Lipinski definition) is 3. The minimum atomic E-state index is -0.0421. The number of amides is 1. The van der Waals surface area contributed by atoms with E-state index in [-0.39, 0.29) is 5.91 Å². The zero-order valence-corrected chi connectivity index (χ0v) is 8.47. The quantitative estimate of drug-likeness (QED) is 0.742. The smallest absolute Gasteiger partial charge is 0.230 e. The highest BCUT2D eigenvalue weighted by atomic mass is 32.2. The van der Waals surface area contributed by atoms with Crippen molar-refractivity contribution in [1.29, 1.82) is 0 Å². The predicted molar refractivity (Wildman–Crippen MR) is 56.7 cm³/mol. The minimum absolute atomic E-state index is 0.0421. The third-order valence-corrected chi connectivity index (χ3v) is 2.40. The molecule has 0 radical (unpaired) electrons. The monoisotopic (exact) mass is 209 g/mol. The van der Waals surface area contributed by atoms with Crippen LogP contribution in [0.3, 0.4) is 0 Å². The molecule has 74 valence electrons. The Kier molecular flexibility index (Phi) is 4.73. The van der Waals surface area contributed by atoms with Gasteiger partial charge in [-0.05, 0) is 12.1 Å². The molecule has 0 atom stereocenters. The van der Waals surface area contributed by atoms with Gasteiger partial charge in [-0.2, -0.15) is 0 Å². The summed E-state index contributed by atoms with van der Waals surface area (Å²) in [6, 6.07) is 3.71. The lowest BCUT2D eigenvalue weighted by Crippen LogP contribution is -2.25. The molecule has 0 spiro atoms. The van der Waals surface area contributed by atoms with Crippen molar-refractivity contribution in [2.75, 3.05) is 12.3 Å².